The molecule has 0 radical (unpaired) electrons. The van der Waals surface area contributed by atoms with E-state index in [1.807, 2.05) is 6.92 Å². The van der Waals surface area contributed by atoms with Gasteiger partial charge in [0, 0.05) is 24.0 Å². The molecule has 2 rings (SSSR count). The van der Waals surface area contributed by atoms with E-state index in [0.717, 1.165) is 5.56 Å². The van der Waals surface area contributed by atoms with Crippen LogP contribution in [0.4, 0.5) is 5.69 Å². The van der Waals surface area contributed by atoms with Crippen molar-refractivity contribution in [2.75, 3.05) is 4.90 Å². The van der Waals surface area contributed by atoms with Crippen molar-refractivity contribution in [1.82, 2.24) is 4.98 Å². The second kappa shape index (κ2) is 3.31. The van der Waals surface area contributed by atoms with Gasteiger partial charge in [-0.3, -0.25) is 14.6 Å². The zero-order chi connectivity index (χ0) is 11.0. The lowest BCUT2D eigenvalue weighted by atomic mass is 10.2. The molecule has 0 aliphatic carbocycles. The summed E-state index contributed by atoms with van der Waals surface area (Å²) in [5.41, 5.74) is 1.88. The van der Waals surface area contributed by atoms with Crippen LogP contribution in [-0.2, 0) is 9.59 Å². The second-order valence-corrected chi connectivity index (χ2v) is 3.47. The molecule has 0 fully saturated rings. The summed E-state index contributed by atoms with van der Waals surface area (Å²) in [6.07, 6.45) is 4.54. The van der Waals surface area contributed by atoms with Gasteiger partial charge in [-0.05, 0) is 25.5 Å². The normalized spacial score (nSPS) is 15.9. The summed E-state index contributed by atoms with van der Waals surface area (Å²) in [6, 6.07) is 1.66. The third-order valence-corrected chi connectivity index (χ3v) is 2.33. The van der Waals surface area contributed by atoms with Crippen LogP contribution in [-0.4, -0.2) is 16.8 Å². The Morgan fingerprint density at radius 3 is 2.53 bits per heavy atom. The molecule has 15 heavy (non-hydrogen) atoms. The van der Waals surface area contributed by atoms with Gasteiger partial charge in [0.05, 0.1) is 5.69 Å². The van der Waals surface area contributed by atoms with Gasteiger partial charge in [0.15, 0.2) is 0 Å². The number of hydrogen-bond acceptors (Lipinski definition) is 3. The first-order valence-corrected chi connectivity index (χ1v) is 4.58. The molecular formula is C11H10N2O2. The van der Waals surface area contributed by atoms with Crippen LogP contribution in [0, 0.1) is 6.92 Å². The molecule has 2 heterocycles. The molecule has 1 aliphatic heterocycles. The highest BCUT2D eigenvalue weighted by molar-refractivity contribution is 6.30. The van der Waals surface area contributed by atoms with Gasteiger partial charge in [0.2, 0.25) is 0 Å². The summed E-state index contributed by atoms with van der Waals surface area (Å²) in [7, 11) is 0. The van der Waals surface area contributed by atoms with E-state index in [4.69, 9.17) is 0 Å². The summed E-state index contributed by atoms with van der Waals surface area (Å²) in [5, 5.41) is 0. The topological polar surface area (TPSA) is 50.3 Å². The van der Waals surface area contributed by atoms with Gasteiger partial charge in [-0.1, -0.05) is 0 Å². The lowest BCUT2D eigenvalue weighted by molar-refractivity contribution is -0.120. The van der Waals surface area contributed by atoms with E-state index >= 15 is 0 Å². The fraction of sp³-hybridized carbons (Fsp3) is 0.182. The van der Waals surface area contributed by atoms with Gasteiger partial charge in [0.25, 0.3) is 11.8 Å². The summed E-state index contributed by atoms with van der Waals surface area (Å²) in [4.78, 5) is 28.3. The number of aromatic nitrogens is 1. The Balaban J connectivity index is 2.47. The molecule has 0 bridgehead atoms. The smallest absolute Gasteiger partial charge is 0.261 e. The highest BCUT2D eigenvalue weighted by Crippen LogP contribution is 2.24. The Hall–Kier alpha value is -1.97. The predicted molar refractivity (Wildman–Crippen MR) is 55.2 cm³/mol. The van der Waals surface area contributed by atoms with Crippen LogP contribution >= 0.6 is 0 Å². The number of imide groups is 1. The van der Waals surface area contributed by atoms with Gasteiger partial charge in [-0.25, -0.2) is 4.90 Å². The molecule has 4 heteroatoms. The molecule has 0 saturated carbocycles. The molecule has 76 valence electrons. The summed E-state index contributed by atoms with van der Waals surface area (Å²) < 4.78 is 0. The highest BCUT2D eigenvalue weighted by Gasteiger charge is 2.30. The first-order chi connectivity index (χ1) is 7.11. The third-order valence-electron chi connectivity index (χ3n) is 2.33. The predicted octanol–water partition coefficient (Wildman–Crippen LogP) is 1.21. The van der Waals surface area contributed by atoms with Crippen LogP contribution in [0.3, 0.4) is 0 Å². The molecular weight excluding hydrogens is 192 g/mol. The van der Waals surface area contributed by atoms with E-state index in [0.29, 0.717) is 11.3 Å². The number of nitrogens with zero attached hydrogens (tertiary/aromatic N) is 2. The van der Waals surface area contributed by atoms with Crippen molar-refractivity contribution in [2.24, 2.45) is 0 Å². The zero-order valence-electron chi connectivity index (χ0n) is 8.52. The fourth-order valence-electron chi connectivity index (χ4n) is 1.53. The first-order valence-electron chi connectivity index (χ1n) is 4.58. The SMILES string of the molecule is CC1=CC(=O)N(c2ccncc2C)C1=O. The van der Waals surface area contributed by atoms with Crippen molar-refractivity contribution in [1.29, 1.82) is 0 Å². The Labute approximate surface area is 87.2 Å². The number of pyridine rings is 1. The van der Waals surface area contributed by atoms with Crippen molar-refractivity contribution in [3.05, 3.63) is 35.7 Å². The molecule has 1 aromatic rings. The highest BCUT2D eigenvalue weighted by atomic mass is 16.2. The summed E-state index contributed by atoms with van der Waals surface area (Å²) in [5.74, 6) is -0.541. The summed E-state index contributed by atoms with van der Waals surface area (Å²) >= 11 is 0. The maximum atomic E-state index is 11.7. The summed E-state index contributed by atoms with van der Waals surface area (Å²) in [6.45, 7) is 3.45. The molecule has 1 aromatic heterocycles. The van der Waals surface area contributed by atoms with Crippen LogP contribution in [0.1, 0.15) is 12.5 Å². The van der Waals surface area contributed by atoms with Crippen molar-refractivity contribution >= 4 is 17.5 Å². The average molecular weight is 202 g/mol. The number of aryl methyl sites for hydroxylation is 1. The van der Waals surface area contributed by atoms with E-state index in [-0.39, 0.29) is 11.8 Å². The fourth-order valence-corrected chi connectivity index (χ4v) is 1.53. The Morgan fingerprint density at radius 1 is 1.27 bits per heavy atom. The molecule has 4 nitrogen and oxygen atoms in total. The molecule has 0 atom stereocenters. The number of rotatable bonds is 1. The molecule has 0 aromatic carbocycles. The molecule has 0 N–H and O–H groups in total. The lowest BCUT2D eigenvalue weighted by Crippen LogP contribution is -2.31. The molecule has 0 saturated heterocycles. The number of carbonyl (C=O) groups excluding carboxylic acids is 2. The minimum atomic E-state index is -0.285. The van der Waals surface area contributed by atoms with Gasteiger partial charge in [-0.2, -0.15) is 0 Å². The van der Waals surface area contributed by atoms with Crippen molar-refractivity contribution in [2.45, 2.75) is 13.8 Å². The Morgan fingerprint density at radius 2 is 2.00 bits per heavy atom. The molecule has 0 spiro atoms. The quantitative estimate of drug-likeness (QED) is 0.643. The number of hydrogen-bond donors (Lipinski definition) is 0. The average Bonchev–Trinajstić information content (AvgIpc) is 2.43. The number of anilines is 1. The maximum absolute atomic E-state index is 11.7. The standard InChI is InChI=1S/C11H10N2O2/c1-7-5-10(14)13(11(7)15)9-3-4-12-6-8(9)2/h3-6H,1-2H3. The largest absolute Gasteiger partial charge is 0.269 e. The van der Waals surface area contributed by atoms with E-state index in [1.165, 1.54) is 11.0 Å². The van der Waals surface area contributed by atoms with Gasteiger partial charge in [0.1, 0.15) is 0 Å². The van der Waals surface area contributed by atoms with Crippen molar-refractivity contribution in [3.8, 4) is 0 Å². The van der Waals surface area contributed by atoms with Crippen LogP contribution in [0.25, 0.3) is 0 Å². The van der Waals surface area contributed by atoms with Gasteiger partial charge >= 0.3 is 0 Å². The van der Waals surface area contributed by atoms with Crippen LogP contribution in [0.15, 0.2) is 30.1 Å². The van der Waals surface area contributed by atoms with Crippen molar-refractivity contribution in [3.63, 3.8) is 0 Å². The van der Waals surface area contributed by atoms with Crippen LogP contribution in [0.5, 0.6) is 0 Å². The number of amides is 2. The minimum Gasteiger partial charge on any atom is -0.269 e. The Bertz CT molecular complexity index is 477. The van der Waals surface area contributed by atoms with E-state index in [9.17, 15) is 9.59 Å². The molecule has 2 amide bonds. The van der Waals surface area contributed by atoms with Crippen LogP contribution < -0.4 is 4.90 Å². The Kier molecular flexibility index (Phi) is 2.11. The maximum Gasteiger partial charge on any atom is 0.261 e. The van der Waals surface area contributed by atoms with Gasteiger partial charge in [-0.15, -0.1) is 0 Å². The van der Waals surface area contributed by atoms with Crippen LogP contribution in [0.2, 0.25) is 0 Å². The molecule has 1 aliphatic rings. The lowest BCUT2D eigenvalue weighted by Gasteiger charge is -2.16. The molecule has 0 unspecified atom stereocenters. The minimum absolute atomic E-state index is 0.255. The van der Waals surface area contributed by atoms with E-state index in [2.05, 4.69) is 4.98 Å². The second-order valence-electron chi connectivity index (χ2n) is 3.47. The monoisotopic (exact) mass is 202 g/mol. The first kappa shape index (κ1) is 9.58. The zero-order valence-corrected chi connectivity index (χ0v) is 8.52. The van der Waals surface area contributed by atoms with Crippen molar-refractivity contribution < 1.29 is 9.59 Å². The van der Waals surface area contributed by atoms with Gasteiger partial charge < -0.3 is 0 Å². The van der Waals surface area contributed by atoms with E-state index < -0.39 is 0 Å². The third kappa shape index (κ3) is 1.44. The number of carbonyl (C=O) groups is 2. The van der Waals surface area contributed by atoms with E-state index in [1.54, 1.807) is 25.4 Å².